The standard InChI is InChI=1S/C34H38N4O4/c1-8-20-15(2)24-12-28-22(14-39)17(4)23(36-28)11-25-16(3)21(9-10-29(40)42-7)32(37-25)30-19(6)34(41)31-18(5)26(38-33(30)31)13-27(20)35-24/h11-13,16,19,21,37,39,41H,8-10,14H2,1-7H3. The maximum Gasteiger partial charge on any atom is 0.305 e. The molecule has 0 saturated carbocycles. The van der Waals surface area contributed by atoms with E-state index >= 15 is 0 Å². The van der Waals surface area contributed by atoms with Crippen molar-refractivity contribution in [1.29, 1.82) is 0 Å². The summed E-state index contributed by atoms with van der Waals surface area (Å²) >= 11 is 0. The molecular weight excluding hydrogens is 528 g/mol. The molecule has 0 aromatic carbocycles. The van der Waals surface area contributed by atoms with Crippen molar-refractivity contribution in [3.63, 3.8) is 0 Å². The molecule has 5 aliphatic heterocycles. The first-order valence-corrected chi connectivity index (χ1v) is 14.7. The maximum atomic E-state index is 12.2. The first-order chi connectivity index (χ1) is 20.1. The minimum Gasteiger partial charge on any atom is -0.511 e. The molecule has 6 aliphatic rings. The van der Waals surface area contributed by atoms with Gasteiger partial charge in [-0.2, -0.15) is 0 Å². The fourth-order valence-electron chi connectivity index (χ4n) is 6.99. The van der Waals surface area contributed by atoms with Crippen LogP contribution in [-0.2, 0) is 9.53 Å². The Labute approximate surface area is 246 Å². The molecule has 0 aromatic rings. The normalized spacial score (nSPS) is 26.5. The van der Waals surface area contributed by atoms with Crippen molar-refractivity contribution in [2.45, 2.75) is 60.8 Å². The summed E-state index contributed by atoms with van der Waals surface area (Å²) in [5.74, 6) is -0.150. The van der Waals surface area contributed by atoms with Crippen molar-refractivity contribution in [3.05, 3.63) is 91.5 Å². The third-order valence-electron chi connectivity index (χ3n) is 9.63. The number of hydrogen-bond acceptors (Lipinski definition) is 8. The van der Waals surface area contributed by atoms with Gasteiger partial charge < -0.3 is 20.3 Å². The lowest BCUT2D eigenvalue weighted by Crippen LogP contribution is -2.18. The largest absolute Gasteiger partial charge is 0.511 e. The smallest absolute Gasteiger partial charge is 0.305 e. The molecule has 3 N–H and O–H groups in total. The van der Waals surface area contributed by atoms with E-state index in [2.05, 4.69) is 32.2 Å². The Bertz CT molecular complexity index is 1680. The minimum atomic E-state index is -0.249. The van der Waals surface area contributed by atoms with Crippen LogP contribution in [0.15, 0.2) is 106 Å². The quantitative estimate of drug-likeness (QED) is 0.361. The van der Waals surface area contributed by atoms with Crippen molar-refractivity contribution in [2.24, 2.45) is 32.7 Å². The number of aliphatic hydroxyl groups excluding tert-OH is 2. The number of carbonyl (C=O) groups excluding carboxylic acids is 1. The zero-order valence-corrected chi connectivity index (χ0v) is 25.3. The van der Waals surface area contributed by atoms with Gasteiger partial charge in [-0.05, 0) is 74.1 Å². The van der Waals surface area contributed by atoms with Crippen LogP contribution in [0.5, 0.6) is 0 Å². The molecule has 42 heavy (non-hydrogen) atoms. The second kappa shape index (κ2) is 10.3. The van der Waals surface area contributed by atoms with Crippen molar-refractivity contribution >= 4 is 23.1 Å². The molecule has 218 valence electrons. The summed E-state index contributed by atoms with van der Waals surface area (Å²) in [5.41, 5.74) is 13.3. The highest BCUT2D eigenvalue weighted by Gasteiger charge is 2.44. The molecule has 0 spiro atoms. The Balaban J connectivity index is 1.62. The third-order valence-corrected chi connectivity index (χ3v) is 9.63. The fraction of sp³-hybridized carbons (Fsp3) is 0.412. The van der Waals surface area contributed by atoms with Gasteiger partial charge in [0.1, 0.15) is 5.76 Å². The van der Waals surface area contributed by atoms with Gasteiger partial charge in [0, 0.05) is 52.3 Å². The number of fused-ring (bicyclic) bond motifs is 5. The first kappa shape index (κ1) is 28.1. The maximum absolute atomic E-state index is 12.2. The SMILES string of the molecule is CCC1=C(C)C2=NC1=CC1=C(C)C3=C(O)C(C)C(=C4NC(=CC5=NC(=C2)C(CO)=C5C)C(C)C4CCC(=O)OC)C3=N1. The van der Waals surface area contributed by atoms with E-state index in [-0.39, 0.29) is 36.8 Å². The zero-order valence-electron chi connectivity index (χ0n) is 25.3. The van der Waals surface area contributed by atoms with Gasteiger partial charge in [0.2, 0.25) is 0 Å². The Kier molecular flexibility index (Phi) is 6.92. The van der Waals surface area contributed by atoms with Crippen LogP contribution in [-0.4, -0.2) is 47.0 Å². The summed E-state index contributed by atoms with van der Waals surface area (Å²) in [6.45, 7) is 12.2. The molecule has 3 unspecified atom stereocenters. The number of ether oxygens (including phenoxy) is 1. The molecule has 0 amide bonds. The van der Waals surface area contributed by atoms with Crippen LogP contribution in [0.2, 0.25) is 0 Å². The van der Waals surface area contributed by atoms with Gasteiger partial charge in [0.15, 0.2) is 0 Å². The lowest BCUT2D eigenvalue weighted by Gasteiger charge is -2.19. The number of hydrogen-bond donors (Lipinski definition) is 3. The minimum absolute atomic E-state index is 0.0153. The summed E-state index contributed by atoms with van der Waals surface area (Å²) in [6, 6.07) is 0. The summed E-state index contributed by atoms with van der Waals surface area (Å²) in [5, 5.41) is 25.5. The van der Waals surface area contributed by atoms with Crippen LogP contribution >= 0.6 is 0 Å². The number of methoxy groups -OCH3 is 1. The second-order valence-corrected chi connectivity index (χ2v) is 11.8. The number of rotatable bonds is 5. The summed E-state index contributed by atoms with van der Waals surface area (Å²) in [7, 11) is 1.41. The summed E-state index contributed by atoms with van der Waals surface area (Å²) in [6.07, 6.45) is 7.73. The van der Waals surface area contributed by atoms with Crippen LogP contribution in [0.3, 0.4) is 0 Å². The molecule has 8 nitrogen and oxygen atoms in total. The lowest BCUT2D eigenvalue weighted by atomic mass is 9.84. The topological polar surface area (TPSA) is 116 Å². The Morgan fingerprint density at radius 2 is 1.64 bits per heavy atom. The second-order valence-electron chi connectivity index (χ2n) is 11.8. The zero-order chi connectivity index (χ0) is 30.0. The molecule has 6 rings (SSSR count). The Morgan fingerprint density at radius 3 is 2.31 bits per heavy atom. The average Bonchev–Trinajstić information content (AvgIpc) is 3.69. The molecule has 1 aliphatic carbocycles. The predicted octanol–water partition coefficient (Wildman–Crippen LogP) is 5.85. The van der Waals surface area contributed by atoms with E-state index in [0.29, 0.717) is 12.2 Å². The molecule has 1 fully saturated rings. The molecule has 1 saturated heterocycles. The number of nitrogens with zero attached hydrogens (tertiary/aromatic N) is 3. The number of allylic oxidation sites excluding steroid dienone is 11. The van der Waals surface area contributed by atoms with Crippen LogP contribution < -0.4 is 5.32 Å². The monoisotopic (exact) mass is 566 g/mol. The molecule has 0 radical (unpaired) electrons. The van der Waals surface area contributed by atoms with Gasteiger partial charge in [-0.1, -0.05) is 20.8 Å². The van der Waals surface area contributed by atoms with Gasteiger partial charge in [-0.3, -0.25) is 4.79 Å². The van der Waals surface area contributed by atoms with Gasteiger partial charge >= 0.3 is 5.97 Å². The van der Waals surface area contributed by atoms with E-state index < -0.39 is 0 Å². The summed E-state index contributed by atoms with van der Waals surface area (Å²) < 4.78 is 4.98. The van der Waals surface area contributed by atoms with E-state index in [0.717, 1.165) is 91.1 Å². The van der Waals surface area contributed by atoms with E-state index in [1.807, 2.05) is 32.9 Å². The molecular formula is C34H38N4O4. The van der Waals surface area contributed by atoms with Crippen molar-refractivity contribution in [2.75, 3.05) is 13.7 Å². The van der Waals surface area contributed by atoms with Crippen LogP contribution in [0, 0.1) is 17.8 Å². The molecule has 8 heteroatoms. The number of aliphatic imine (C=N–C) groups is 3. The van der Waals surface area contributed by atoms with E-state index in [1.54, 1.807) is 0 Å². The molecule has 0 aromatic heterocycles. The van der Waals surface area contributed by atoms with Crippen LogP contribution in [0.25, 0.3) is 0 Å². The van der Waals surface area contributed by atoms with Crippen LogP contribution in [0.4, 0.5) is 0 Å². The predicted molar refractivity (Wildman–Crippen MR) is 165 cm³/mol. The number of carbonyl (C=O) groups is 1. The number of esters is 1. The molecule has 8 bridgehead atoms. The van der Waals surface area contributed by atoms with E-state index in [1.165, 1.54) is 7.11 Å². The van der Waals surface area contributed by atoms with Gasteiger partial charge in [-0.25, -0.2) is 15.0 Å². The molecule has 3 atom stereocenters. The van der Waals surface area contributed by atoms with Crippen molar-refractivity contribution in [1.82, 2.24) is 5.32 Å². The molecule has 5 heterocycles. The highest BCUT2D eigenvalue weighted by Crippen LogP contribution is 2.48. The fourth-order valence-corrected chi connectivity index (χ4v) is 6.99. The van der Waals surface area contributed by atoms with E-state index in [4.69, 9.17) is 19.7 Å². The average molecular weight is 567 g/mol. The first-order valence-electron chi connectivity index (χ1n) is 14.7. The lowest BCUT2D eigenvalue weighted by molar-refractivity contribution is -0.140. The van der Waals surface area contributed by atoms with E-state index in [9.17, 15) is 15.0 Å². The highest BCUT2D eigenvalue weighted by molar-refractivity contribution is 6.21. The Hall–Kier alpha value is -4.04. The van der Waals surface area contributed by atoms with Gasteiger partial charge in [0.25, 0.3) is 0 Å². The highest BCUT2D eigenvalue weighted by atomic mass is 16.5. The Morgan fingerprint density at radius 1 is 0.976 bits per heavy atom. The van der Waals surface area contributed by atoms with Gasteiger partial charge in [0.05, 0.1) is 47.9 Å². The van der Waals surface area contributed by atoms with Crippen LogP contribution in [0.1, 0.15) is 60.8 Å². The summed E-state index contributed by atoms with van der Waals surface area (Å²) in [4.78, 5) is 27.3. The van der Waals surface area contributed by atoms with Crippen molar-refractivity contribution in [3.8, 4) is 0 Å². The third kappa shape index (κ3) is 4.15. The number of nitrogens with one attached hydrogen (secondary N) is 1. The number of aliphatic hydroxyl groups is 2. The van der Waals surface area contributed by atoms with Crippen molar-refractivity contribution < 1.29 is 19.7 Å². The van der Waals surface area contributed by atoms with Gasteiger partial charge in [-0.15, -0.1) is 0 Å².